The average Bonchev–Trinajstić information content (AvgIpc) is 2.01. The summed E-state index contributed by atoms with van der Waals surface area (Å²) in [6.45, 7) is 0. The molecule has 0 aliphatic carbocycles. The number of non-ortho nitro benzene ring substituents is 1. The minimum Gasteiger partial charge on any atom is -0.378 e. The smallest absolute Gasteiger partial charge is 0.269 e. The second kappa shape index (κ2) is 3.21. The normalized spacial score (nSPS) is 11.8. The Morgan fingerprint density at radius 2 is 2.00 bits per heavy atom. The van der Waals surface area contributed by atoms with Gasteiger partial charge in [-0.1, -0.05) is 0 Å². The zero-order chi connectivity index (χ0) is 10.9. The fourth-order valence-electron chi connectivity index (χ4n) is 0.732. The van der Waals surface area contributed by atoms with Crippen molar-refractivity contribution < 1.29 is 7.66 Å². The highest BCUT2D eigenvalue weighted by Crippen LogP contribution is 2.16. The zero-order valence-corrected chi connectivity index (χ0v) is 6.87. The molecule has 12 heavy (non-hydrogen) atoms. The molecule has 0 aliphatic rings. The lowest BCUT2D eigenvalue weighted by Crippen LogP contribution is -2.08. The third kappa shape index (κ3) is 1.72. The lowest BCUT2D eigenvalue weighted by molar-refractivity contribution is -0.384. The molecule has 1 aromatic rings. The van der Waals surface area contributed by atoms with E-state index in [1.165, 1.54) is 0 Å². The van der Waals surface area contributed by atoms with E-state index in [2.05, 4.69) is 0 Å². The summed E-state index contributed by atoms with van der Waals surface area (Å²) in [7, 11) is 3.38. The first-order chi connectivity index (χ1) is 6.43. The van der Waals surface area contributed by atoms with Crippen molar-refractivity contribution in [2.45, 2.75) is 0 Å². The summed E-state index contributed by atoms with van der Waals surface area (Å²) in [4.78, 5) is 11.4. The Kier molecular flexibility index (Phi) is 1.60. The maximum absolute atomic E-state index is 10.4. The molecule has 0 amide bonds. The molecular weight excluding hydrogens is 156 g/mol. The predicted octanol–water partition coefficient (Wildman–Crippen LogP) is 1.66. The van der Waals surface area contributed by atoms with Gasteiger partial charge in [0.25, 0.3) is 5.69 Å². The highest BCUT2D eigenvalue weighted by atomic mass is 16.6. The lowest BCUT2D eigenvalue weighted by atomic mass is 10.3. The highest BCUT2D eigenvalue weighted by Gasteiger charge is 2.03. The molecule has 0 atom stereocenters. The maximum Gasteiger partial charge on any atom is 0.269 e. The topological polar surface area (TPSA) is 46.4 Å². The molecule has 0 aliphatic heterocycles. The fraction of sp³-hybridized carbons (Fsp3) is 0.250. The van der Waals surface area contributed by atoms with E-state index < -0.39 is 4.92 Å². The summed E-state index contributed by atoms with van der Waals surface area (Å²) in [6, 6.07) is 2.28. The first-order valence-corrected chi connectivity index (χ1v) is 3.36. The largest absolute Gasteiger partial charge is 0.378 e. The Labute approximate surface area is 73.4 Å². The third-order valence-corrected chi connectivity index (χ3v) is 1.37. The molecule has 0 unspecified atom stereocenters. The van der Waals surface area contributed by atoms with Crippen LogP contribution < -0.4 is 4.90 Å². The van der Waals surface area contributed by atoms with Crippen LogP contribution in [0, 0.1) is 10.1 Å². The first-order valence-electron chi connectivity index (χ1n) is 4.36. The number of anilines is 1. The van der Waals surface area contributed by atoms with Crippen LogP contribution in [-0.2, 0) is 0 Å². The fourth-order valence-corrected chi connectivity index (χ4v) is 0.732. The molecule has 0 saturated carbocycles. The molecule has 0 N–H and O–H groups in total. The molecular formula is C8H10N2O2. The quantitative estimate of drug-likeness (QED) is 0.498. The van der Waals surface area contributed by atoms with Crippen LogP contribution >= 0.6 is 0 Å². The van der Waals surface area contributed by atoms with E-state index in [9.17, 15) is 10.1 Å². The van der Waals surface area contributed by atoms with Crippen molar-refractivity contribution in [3.63, 3.8) is 0 Å². The summed E-state index contributed by atoms with van der Waals surface area (Å²) in [5.74, 6) is 0. The predicted molar refractivity (Wildman–Crippen MR) is 47.4 cm³/mol. The van der Waals surface area contributed by atoms with Gasteiger partial charge in [-0.25, -0.2) is 0 Å². The van der Waals surface area contributed by atoms with Crippen molar-refractivity contribution in [2.24, 2.45) is 0 Å². The van der Waals surface area contributed by atoms with Crippen molar-refractivity contribution in [1.82, 2.24) is 0 Å². The number of benzene rings is 1. The number of nitrogens with zero attached hydrogens (tertiary/aromatic N) is 2. The van der Waals surface area contributed by atoms with E-state index >= 15 is 0 Å². The minimum absolute atomic E-state index is 0.00537. The molecule has 1 aromatic carbocycles. The Hall–Kier alpha value is -1.58. The molecule has 4 heteroatoms. The van der Waals surface area contributed by atoms with Crippen LogP contribution in [0.2, 0.25) is 0 Å². The molecule has 0 bridgehead atoms. The SMILES string of the molecule is [2H]c1cc([N+](=O)[O-])cc([2H])c1N(C)C. The van der Waals surface area contributed by atoms with Gasteiger partial charge in [0.05, 0.1) is 7.66 Å². The summed E-state index contributed by atoms with van der Waals surface area (Å²) in [6.07, 6.45) is 0. The minimum atomic E-state index is -0.602. The van der Waals surface area contributed by atoms with Crippen LogP contribution in [0.15, 0.2) is 24.2 Å². The van der Waals surface area contributed by atoms with E-state index in [1.807, 2.05) is 0 Å². The van der Waals surface area contributed by atoms with Gasteiger partial charge >= 0.3 is 0 Å². The van der Waals surface area contributed by atoms with Gasteiger partial charge < -0.3 is 4.90 Å². The molecule has 0 heterocycles. The summed E-state index contributed by atoms with van der Waals surface area (Å²) < 4.78 is 15.0. The second-order valence-electron chi connectivity index (χ2n) is 2.50. The monoisotopic (exact) mass is 168 g/mol. The van der Waals surface area contributed by atoms with Gasteiger partial charge in [-0.05, 0) is 12.1 Å². The zero-order valence-electron chi connectivity index (χ0n) is 8.87. The molecule has 0 spiro atoms. The van der Waals surface area contributed by atoms with Crippen LogP contribution in [0.5, 0.6) is 0 Å². The average molecular weight is 168 g/mol. The Morgan fingerprint density at radius 3 is 2.33 bits per heavy atom. The molecule has 4 nitrogen and oxygen atoms in total. The van der Waals surface area contributed by atoms with Crippen LogP contribution in [-0.4, -0.2) is 19.0 Å². The number of hydrogen-bond acceptors (Lipinski definition) is 3. The number of nitro benzene ring substituents is 1. The van der Waals surface area contributed by atoms with Gasteiger partial charge in [-0.3, -0.25) is 10.1 Å². The van der Waals surface area contributed by atoms with Crippen LogP contribution in [0.25, 0.3) is 0 Å². The summed E-state index contributed by atoms with van der Waals surface area (Å²) in [5.41, 5.74) is 0.168. The van der Waals surface area contributed by atoms with Gasteiger partial charge in [0, 0.05) is 31.9 Å². The van der Waals surface area contributed by atoms with E-state index in [4.69, 9.17) is 2.74 Å². The number of rotatable bonds is 2. The molecule has 0 aromatic heterocycles. The van der Waals surface area contributed by atoms with Gasteiger partial charge in [-0.2, -0.15) is 0 Å². The van der Waals surface area contributed by atoms with Gasteiger partial charge in [0.15, 0.2) is 0 Å². The van der Waals surface area contributed by atoms with Crippen molar-refractivity contribution in [3.05, 3.63) is 34.3 Å². The Balaban J connectivity index is 3.32. The van der Waals surface area contributed by atoms with E-state index in [1.54, 1.807) is 19.0 Å². The molecule has 0 radical (unpaired) electrons. The van der Waals surface area contributed by atoms with E-state index in [0.717, 1.165) is 12.1 Å². The molecule has 64 valence electrons. The molecule has 1 rings (SSSR count). The van der Waals surface area contributed by atoms with Gasteiger partial charge in [0.1, 0.15) is 0 Å². The van der Waals surface area contributed by atoms with Crippen molar-refractivity contribution in [2.75, 3.05) is 19.0 Å². The lowest BCUT2D eigenvalue weighted by Gasteiger charge is -2.10. The first kappa shape index (κ1) is 5.99. The Bertz CT molecular complexity index is 357. The number of hydrogen-bond donors (Lipinski definition) is 0. The summed E-state index contributed by atoms with van der Waals surface area (Å²) in [5, 5.41) is 10.4. The van der Waals surface area contributed by atoms with Crippen molar-refractivity contribution in [3.8, 4) is 0 Å². The van der Waals surface area contributed by atoms with E-state index in [-0.39, 0.29) is 17.8 Å². The standard InChI is InChI=1S/C8H10N2O2/c1-9(2)7-3-5-8(6-4-7)10(11)12/h3-6H,1-2H3/i3D,4D. The van der Waals surface area contributed by atoms with Crippen LogP contribution in [0.1, 0.15) is 2.74 Å². The highest BCUT2D eigenvalue weighted by molar-refractivity contribution is 5.49. The Morgan fingerprint density at radius 1 is 1.50 bits per heavy atom. The van der Waals surface area contributed by atoms with Crippen LogP contribution in [0.3, 0.4) is 0 Å². The van der Waals surface area contributed by atoms with E-state index in [0.29, 0.717) is 5.69 Å². The van der Waals surface area contributed by atoms with Crippen LogP contribution in [0.4, 0.5) is 11.4 Å². The second-order valence-corrected chi connectivity index (χ2v) is 2.50. The molecule has 0 fully saturated rings. The third-order valence-electron chi connectivity index (χ3n) is 1.37. The maximum atomic E-state index is 10.4. The van der Waals surface area contributed by atoms with Gasteiger partial charge in [-0.15, -0.1) is 0 Å². The van der Waals surface area contributed by atoms with Crippen molar-refractivity contribution in [1.29, 1.82) is 0 Å². The van der Waals surface area contributed by atoms with Crippen molar-refractivity contribution >= 4 is 11.4 Å². The number of nitro groups is 1. The van der Waals surface area contributed by atoms with Gasteiger partial charge in [0.2, 0.25) is 0 Å². The molecule has 0 saturated heterocycles. The summed E-state index contributed by atoms with van der Waals surface area (Å²) >= 11 is 0.